The first-order valence-corrected chi connectivity index (χ1v) is 8.85. The molecule has 1 aromatic carbocycles. The van der Waals surface area contributed by atoms with E-state index >= 15 is 0 Å². The van der Waals surface area contributed by atoms with Crippen molar-refractivity contribution in [1.29, 1.82) is 0 Å². The number of anilines is 2. The second kappa shape index (κ2) is 6.08. The molecule has 1 saturated heterocycles. The van der Waals surface area contributed by atoms with E-state index in [1.54, 1.807) is 6.07 Å². The number of fused-ring (bicyclic) bond motifs is 3. The molecule has 5 rings (SSSR count). The highest BCUT2D eigenvalue weighted by molar-refractivity contribution is 6.05. The zero-order chi connectivity index (χ0) is 19.4. The van der Waals surface area contributed by atoms with E-state index < -0.39 is 11.6 Å². The summed E-state index contributed by atoms with van der Waals surface area (Å²) in [6.45, 7) is 5.12. The first kappa shape index (κ1) is 16.8. The molecule has 0 atom stereocenters. The normalized spacial score (nSPS) is 14.6. The van der Waals surface area contributed by atoms with Gasteiger partial charge in [0.05, 0.1) is 17.1 Å². The molecule has 28 heavy (non-hydrogen) atoms. The summed E-state index contributed by atoms with van der Waals surface area (Å²) in [6, 6.07) is 4.00. The Morgan fingerprint density at radius 3 is 2.71 bits per heavy atom. The molecule has 3 aromatic heterocycles. The van der Waals surface area contributed by atoms with Crippen molar-refractivity contribution in [3.05, 3.63) is 47.4 Å². The van der Waals surface area contributed by atoms with Crippen molar-refractivity contribution in [3.63, 3.8) is 0 Å². The van der Waals surface area contributed by atoms with Crippen molar-refractivity contribution in [3.8, 4) is 0 Å². The van der Waals surface area contributed by atoms with Crippen LogP contribution in [0.1, 0.15) is 11.3 Å². The lowest BCUT2D eigenvalue weighted by Gasteiger charge is -2.41. The molecule has 0 aliphatic carbocycles. The first-order chi connectivity index (χ1) is 13.5. The summed E-state index contributed by atoms with van der Waals surface area (Å²) in [5, 5.41) is 12.4. The van der Waals surface area contributed by atoms with Gasteiger partial charge in [0.1, 0.15) is 11.8 Å². The maximum absolute atomic E-state index is 13.4. The van der Waals surface area contributed by atoms with Crippen LogP contribution >= 0.6 is 0 Å². The maximum atomic E-state index is 13.4. The number of benzene rings is 1. The summed E-state index contributed by atoms with van der Waals surface area (Å²) in [5.41, 5.74) is 4.10. The lowest BCUT2D eigenvalue weighted by atomic mass is 10.1. The Kier molecular flexibility index (Phi) is 3.65. The van der Waals surface area contributed by atoms with Crippen molar-refractivity contribution < 1.29 is 13.2 Å². The zero-order valence-corrected chi connectivity index (χ0v) is 15.2. The van der Waals surface area contributed by atoms with Crippen LogP contribution in [0.25, 0.3) is 22.2 Å². The van der Waals surface area contributed by atoms with E-state index in [0.29, 0.717) is 41.4 Å². The van der Waals surface area contributed by atoms with Gasteiger partial charge in [0.25, 0.3) is 0 Å². The third-order valence-electron chi connectivity index (χ3n) is 5.15. The van der Waals surface area contributed by atoms with Crippen LogP contribution in [0.5, 0.6) is 0 Å². The fourth-order valence-electron chi connectivity index (χ4n) is 3.44. The number of rotatable bonds is 3. The molecule has 1 fully saturated rings. The second-order valence-electron chi connectivity index (χ2n) is 6.94. The molecule has 1 aliphatic rings. The SMILES string of the molecule is Cc1nnc2oc3c(NC4CN(c5ccc(F)c(F)c5)C4)ncnc3c2c1C. The molecular formula is C19H16F2N6O. The van der Waals surface area contributed by atoms with Crippen LogP contribution in [0.3, 0.4) is 0 Å². The summed E-state index contributed by atoms with van der Waals surface area (Å²) < 4.78 is 32.4. The zero-order valence-electron chi connectivity index (χ0n) is 15.2. The maximum Gasteiger partial charge on any atom is 0.249 e. The summed E-state index contributed by atoms with van der Waals surface area (Å²) in [7, 11) is 0. The van der Waals surface area contributed by atoms with E-state index in [1.165, 1.54) is 12.4 Å². The minimum Gasteiger partial charge on any atom is -0.431 e. The standard InChI is InChI=1S/C19H16F2N6O/c1-9-10(2)25-26-19-15(9)16-17(28-19)18(23-8-22-16)24-11-6-27(7-11)12-3-4-13(20)14(21)5-12/h3-5,8,11H,6-7H2,1-2H3,(H,22,23,24). The molecule has 0 saturated carbocycles. The van der Waals surface area contributed by atoms with Gasteiger partial charge in [0.15, 0.2) is 23.0 Å². The van der Waals surface area contributed by atoms with Crippen LogP contribution in [0.2, 0.25) is 0 Å². The van der Waals surface area contributed by atoms with Gasteiger partial charge in [-0.05, 0) is 31.5 Å². The Balaban J connectivity index is 1.41. The number of aromatic nitrogens is 4. The third-order valence-corrected chi connectivity index (χ3v) is 5.15. The molecule has 7 nitrogen and oxygen atoms in total. The topological polar surface area (TPSA) is 80.0 Å². The van der Waals surface area contributed by atoms with Gasteiger partial charge in [-0.1, -0.05) is 0 Å². The van der Waals surface area contributed by atoms with E-state index in [1.807, 2.05) is 18.7 Å². The van der Waals surface area contributed by atoms with Gasteiger partial charge in [0, 0.05) is 24.8 Å². The van der Waals surface area contributed by atoms with Crippen LogP contribution in [0, 0.1) is 25.5 Å². The van der Waals surface area contributed by atoms with Crippen molar-refractivity contribution >= 4 is 33.7 Å². The van der Waals surface area contributed by atoms with E-state index in [0.717, 1.165) is 22.7 Å². The van der Waals surface area contributed by atoms with Crippen molar-refractivity contribution in [1.82, 2.24) is 20.2 Å². The third kappa shape index (κ3) is 2.54. The van der Waals surface area contributed by atoms with E-state index in [-0.39, 0.29) is 6.04 Å². The summed E-state index contributed by atoms with van der Waals surface area (Å²) in [4.78, 5) is 10.6. The lowest BCUT2D eigenvalue weighted by molar-refractivity contribution is 0.503. The molecular weight excluding hydrogens is 366 g/mol. The van der Waals surface area contributed by atoms with E-state index in [2.05, 4.69) is 25.5 Å². The molecule has 0 radical (unpaired) electrons. The predicted octanol–water partition coefficient (Wildman–Crippen LogP) is 3.36. The lowest BCUT2D eigenvalue weighted by Crippen LogP contribution is -2.55. The molecule has 0 bridgehead atoms. The average Bonchev–Trinajstić information content (AvgIpc) is 3.03. The van der Waals surface area contributed by atoms with Crippen LogP contribution in [-0.4, -0.2) is 39.3 Å². The van der Waals surface area contributed by atoms with Gasteiger partial charge in [0.2, 0.25) is 5.71 Å². The predicted molar refractivity (Wildman–Crippen MR) is 100 cm³/mol. The number of furan rings is 1. The molecule has 0 amide bonds. The van der Waals surface area contributed by atoms with Crippen LogP contribution in [-0.2, 0) is 0 Å². The highest BCUT2D eigenvalue weighted by atomic mass is 19.2. The van der Waals surface area contributed by atoms with Crippen molar-refractivity contribution in [2.24, 2.45) is 0 Å². The molecule has 1 aliphatic heterocycles. The number of hydrogen-bond donors (Lipinski definition) is 1. The average molecular weight is 382 g/mol. The minimum atomic E-state index is -0.847. The molecule has 9 heteroatoms. The van der Waals surface area contributed by atoms with E-state index in [4.69, 9.17) is 4.42 Å². The smallest absolute Gasteiger partial charge is 0.249 e. The molecule has 0 spiro atoms. The quantitative estimate of drug-likeness (QED) is 0.582. The number of aryl methyl sites for hydroxylation is 2. The number of hydrogen-bond acceptors (Lipinski definition) is 7. The summed E-state index contributed by atoms with van der Waals surface area (Å²) in [6.07, 6.45) is 1.49. The van der Waals surface area contributed by atoms with Crippen molar-refractivity contribution in [2.45, 2.75) is 19.9 Å². The highest BCUT2D eigenvalue weighted by Gasteiger charge is 2.29. The molecule has 0 unspecified atom stereocenters. The second-order valence-corrected chi connectivity index (χ2v) is 6.94. The fraction of sp³-hybridized carbons (Fsp3) is 0.263. The van der Waals surface area contributed by atoms with Crippen LogP contribution in [0.4, 0.5) is 20.3 Å². The Morgan fingerprint density at radius 1 is 1.11 bits per heavy atom. The molecule has 142 valence electrons. The van der Waals surface area contributed by atoms with Gasteiger partial charge in [-0.15, -0.1) is 5.10 Å². The Bertz CT molecular complexity index is 1220. The van der Waals surface area contributed by atoms with Gasteiger partial charge in [-0.3, -0.25) is 0 Å². The molecule has 4 heterocycles. The Labute approximate surface area is 158 Å². The molecule has 4 aromatic rings. The van der Waals surface area contributed by atoms with Gasteiger partial charge < -0.3 is 14.6 Å². The monoisotopic (exact) mass is 382 g/mol. The van der Waals surface area contributed by atoms with Gasteiger partial charge >= 0.3 is 0 Å². The summed E-state index contributed by atoms with van der Waals surface area (Å²) in [5.74, 6) is -1.11. The van der Waals surface area contributed by atoms with Crippen LogP contribution < -0.4 is 10.2 Å². The van der Waals surface area contributed by atoms with Gasteiger partial charge in [-0.25, -0.2) is 18.7 Å². The number of nitrogens with zero attached hydrogens (tertiary/aromatic N) is 5. The highest BCUT2D eigenvalue weighted by Crippen LogP contribution is 2.33. The number of nitrogens with one attached hydrogen (secondary N) is 1. The van der Waals surface area contributed by atoms with E-state index in [9.17, 15) is 8.78 Å². The largest absolute Gasteiger partial charge is 0.431 e. The fourth-order valence-corrected chi connectivity index (χ4v) is 3.44. The van der Waals surface area contributed by atoms with Gasteiger partial charge in [-0.2, -0.15) is 5.10 Å². The molecule has 1 N–H and O–H groups in total. The number of halogens is 2. The Morgan fingerprint density at radius 2 is 1.93 bits per heavy atom. The Hall–Kier alpha value is -3.36. The van der Waals surface area contributed by atoms with Crippen LogP contribution in [0.15, 0.2) is 28.9 Å². The summed E-state index contributed by atoms with van der Waals surface area (Å²) >= 11 is 0. The van der Waals surface area contributed by atoms with Crippen molar-refractivity contribution in [2.75, 3.05) is 23.3 Å². The first-order valence-electron chi connectivity index (χ1n) is 8.85. The minimum absolute atomic E-state index is 0.0911.